The third-order valence-electron chi connectivity index (χ3n) is 3.47. The average Bonchev–Trinajstić information content (AvgIpc) is 2.88. The highest BCUT2D eigenvalue weighted by atomic mass is 32.2. The van der Waals surface area contributed by atoms with Crippen LogP contribution < -0.4 is 4.31 Å². The first-order chi connectivity index (χ1) is 10.4. The molecule has 1 aromatic carbocycles. The summed E-state index contributed by atoms with van der Waals surface area (Å²) in [5.41, 5.74) is 3.27. The van der Waals surface area contributed by atoms with Crippen LogP contribution in [0.2, 0.25) is 0 Å². The zero-order valence-electron chi connectivity index (χ0n) is 12.4. The molecule has 0 fully saturated rings. The molecule has 0 aliphatic carbocycles. The summed E-state index contributed by atoms with van der Waals surface area (Å²) < 4.78 is 26.0. The van der Waals surface area contributed by atoms with Gasteiger partial charge in [0, 0.05) is 29.8 Å². The zero-order valence-corrected chi connectivity index (χ0v) is 14.1. The molecule has 0 aliphatic rings. The van der Waals surface area contributed by atoms with E-state index in [0.717, 1.165) is 21.3 Å². The molecule has 0 aliphatic heterocycles. The molecule has 114 valence electrons. The van der Waals surface area contributed by atoms with E-state index in [4.69, 9.17) is 0 Å². The second-order valence-electron chi connectivity index (χ2n) is 5.03. The van der Waals surface area contributed by atoms with Gasteiger partial charge in [-0.2, -0.15) is 0 Å². The Labute approximate surface area is 133 Å². The van der Waals surface area contributed by atoms with Crippen molar-refractivity contribution in [3.63, 3.8) is 0 Å². The molecule has 3 aromatic rings. The lowest BCUT2D eigenvalue weighted by atomic mass is 10.1. The van der Waals surface area contributed by atoms with Crippen LogP contribution in [0, 0.1) is 6.92 Å². The Balaban J connectivity index is 2.26. The topological polar surface area (TPSA) is 63.2 Å². The number of para-hydroxylation sites is 1. The van der Waals surface area contributed by atoms with E-state index in [1.54, 1.807) is 30.6 Å². The Morgan fingerprint density at radius 2 is 1.91 bits per heavy atom. The third-order valence-corrected chi connectivity index (χ3v) is 5.56. The van der Waals surface area contributed by atoms with Crippen molar-refractivity contribution in [1.82, 2.24) is 9.97 Å². The molecule has 0 radical (unpaired) electrons. The van der Waals surface area contributed by atoms with Crippen LogP contribution in [0.1, 0.15) is 5.82 Å². The zero-order chi connectivity index (χ0) is 15.9. The molecule has 0 atom stereocenters. The van der Waals surface area contributed by atoms with Crippen molar-refractivity contribution in [1.29, 1.82) is 0 Å². The number of thiophene rings is 1. The Hall–Kier alpha value is -1.99. The number of benzene rings is 1. The number of anilines is 1. The molecule has 2 heterocycles. The van der Waals surface area contributed by atoms with Gasteiger partial charge in [0.15, 0.2) is 0 Å². The van der Waals surface area contributed by atoms with Gasteiger partial charge in [-0.25, -0.2) is 18.4 Å². The number of aryl methyl sites for hydroxylation is 1. The van der Waals surface area contributed by atoms with Gasteiger partial charge in [-0.15, -0.1) is 11.3 Å². The first-order valence-electron chi connectivity index (χ1n) is 6.62. The second-order valence-corrected chi connectivity index (χ2v) is 7.95. The van der Waals surface area contributed by atoms with Crippen molar-refractivity contribution in [2.24, 2.45) is 0 Å². The predicted molar refractivity (Wildman–Crippen MR) is 90.8 cm³/mol. The Morgan fingerprint density at radius 3 is 2.64 bits per heavy atom. The Kier molecular flexibility index (Phi) is 3.62. The van der Waals surface area contributed by atoms with Crippen LogP contribution in [0.25, 0.3) is 21.3 Å². The van der Waals surface area contributed by atoms with Crippen molar-refractivity contribution >= 4 is 37.3 Å². The lowest BCUT2D eigenvalue weighted by Gasteiger charge is -2.20. The summed E-state index contributed by atoms with van der Waals surface area (Å²) in [4.78, 5) is 8.71. The van der Waals surface area contributed by atoms with Gasteiger partial charge in [-0.1, -0.05) is 18.2 Å². The van der Waals surface area contributed by atoms with Gasteiger partial charge < -0.3 is 0 Å². The molecule has 0 spiro atoms. The second kappa shape index (κ2) is 5.33. The van der Waals surface area contributed by atoms with Crippen LogP contribution >= 0.6 is 11.3 Å². The smallest absolute Gasteiger partial charge is 0.232 e. The fraction of sp³-hybridized carbons (Fsp3) is 0.200. The largest absolute Gasteiger partial charge is 0.273 e. The molecule has 0 bridgehead atoms. The van der Waals surface area contributed by atoms with Crippen molar-refractivity contribution in [3.05, 3.63) is 41.7 Å². The summed E-state index contributed by atoms with van der Waals surface area (Å²) in [5, 5.41) is 1.99. The minimum absolute atomic E-state index is 0.640. The van der Waals surface area contributed by atoms with Gasteiger partial charge in [0.2, 0.25) is 10.0 Å². The van der Waals surface area contributed by atoms with E-state index in [0.29, 0.717) is 11.5 Å². The summed E-state index contributed by atoms with van der Waals surface area (Å²) in [6.45, 7) is 1.84. The highest BCUT2D eigenvalue weighted by Crippen LogP contribution is 2.38. The van der Waals surface area contributed by atoms with Gasteiger partial charge in [0.25, 0.3) is 0 Å². The molecule has 5 nitrogen and oxygen atoms in total. The molecule has 0 saturated heterocycles. The Morgan fingerprint density at radius 1 is 1.18 bits per heavy atom. The first-order valence-corrected chi connectivity index (χ1v) is 9.35. The number of hydrogen-bond acceptors (Lipinski definition) is 5. The molecule has 0 unspecified atom stereocenters. The summed E-state index contributed by atoms with van der Waals surface area (Å²) in [7, 11) is -1.77. The van der Waals surface area contributed by atoms with Gasteiger partial charge in [0.05, 0.1) is 22.2 Å². The van der Waals surface area contributed by atoms with Crippen molar-refractivity contribution < 1.29 is 8.42 Å². The lowest BCUT2D eigenvalue weighted by molar-refractivity contribution is 0.600. The van der Waals surface area contributed by atoms with Gasteiger partial charge in [0.1, 0.15) is 5.82 Å². The lowest BCUT2D eigenvalue weighted by Crippen LogP contribution is -2.25. The molecule has 3 rings (SSSR count). The van der Waals surface area contributed by atoms with E-state index >= 15 is 0 Å². The molecule has 0 saturated carbocycles. The summed E-state index contributed by atoms with van der Waals surface area (Å²) in [6.07, 6.45) is 3.00. The van der Waals surface area contributed by atoms with Gasteiger partial charge in [-0.3, -0.25) is 4.31 Å². The maximum absolute atomic E-state index is 11.9. The molecule has 2 aromatic heterocycles. The van der Waals surface area contributed by atoms with E-state index in [2.05, 4.69) is 9.97 Å². The summed E-state index contributed by atoms with van der Waals surface area (Å²) in [5.74, 6) is 0.695. The standard InChI is InChI=1S/C15H15N3O2S2/c1-10-16-8-14-15(17-10)12(9-21-14)11-6-4-5-7-13(11)18(2)22(3,19)20/h4-9H,1-3H3. The van der Waals surface area contributed by atoms with Crippen LogP contribution in [-0.4, -0.2) is 31.7 Å². The summed E-state index contributed by atoms with van der Waals surface area (Å²) >= 11 is 1.55. The van der Waals surface area contributed by atoms with E-state index in [1.165, 1.54) is 10.6 Å². The van der Waals surface area contributed by atoms with Crippen LogP contribution in [-0.2, 0) is 10.0 Å². The average molecular weight is 333 g/mol. The van der Waals surface area contributed by atoms with Crippen molar-refractivity contribution in [2.75, 3.05) is 17.6 Å². The molecular formula is C15H15N3O2S2. The molecule has 0 amide bonds. The molecule has 0 N–H and O–H groups in total. The monoisotopic (exact) mass is 333 g/mol. The van der Waals surface area contributed by atoms with E-state index in [1.807, 2.05) is 30.5 Å². The predicted octanol–water partition coefficient (Wildman–Crippen LogP) is 3.06. The van der Waals surface area contributed by atoms with Crippen LogP contribution in [0.15, 0.2) is 35.8 Å². The van der Waals surface area contributed by atoms with Crippen LogP contribution in [0.3, 0.4) is 0 Å². The maximum Gasteiger partial charge on any atom is 0.232 e. The van der Waals surface area contributed by atoms with Crippen LogP contribution in [0.4, 0.5) is 5.69 Å². The molecule has 7 heteroatoms. The number of rotatable bonds is 3. The maximum atomic E-state index is 11.9. The van der Waals surface area contributed by atoms with E-state index in [-0.39, 0.29) is 0 Å². The van der Waals surface area contributed by atoms with E-state index in [9.17, 15) is 8.42 Å². The number of nitrogens with zero attached hydrogens (tertiary/aromatic N) is 3. The van der Waals surface area contributed by atoms with E-state index < -0.39 is 10.0 Å². The summed E-state index contributed by atoms with van der Waals surface area (Å²) in [6, 6.07) is 7.44. The highest BCUT2D eigenvalue weighted by Gasteiger charge is 2.18. The van der Waals surface area contributed by atoms with Gasteiger partial charge >= 0.3 is 0 Å². The quantitative estimate of drug-likeness (QED) is 0.739. The SMILES string of the molecule is Cc1ncc2scc(-c3ccccc3N(C)S(C)(=O)=O)c2n1. The normalized spacial score (nSPS) is 11.8. The number of sulfonamides is 1. The molecular weight excluding hydrogens is 318 g/mol. The number of fused-ring (bicyclic) bond motifs is 1. The fourth-order valence-electron chi connectivity index (χ4n) is 2.26. The fourth-order valence-corrected chi connectivity index (χ4v) is 3.64. The number of hydrogen-bond donors (Lipinski definition) is 0. The number of aromatic nitrogens is 2. The van der Waals surface area contributed by atoms with Crippen LogP contribution in [0.5, 0.6) is 0 Å². The Bertz CT molecular complexity index is 948. The minimum Gasteiger partial charge on any atom is -0.273 e. The van der Waals surface area contributed by atoms with Crippen molar-refractivity contribution in [3.8, 4) is 11.1 Å². The molecule has 22 heavy (non-hydrogen) atoms. The highest BCUT2D eigenvalue weighted by molar-refractivity contribution is 7.92. The van der Waals surface area contributed by atoms with Gasteiger partial charge in [-0.05, 0) is 13.0 Å². The minimum atomic E-state index is -3.33. The first kappa shape index (κ1) is 14.9. The van der Waals surface area contributed by atoms with Crippen molar-refractivity contribution in [2.45, 2.75) is 6.92 Å². The third kappa shape index (κ3) is 2.57.